The fourth-order valence-electron chi connectivity index (χ4n) is 10.6. The van der Waals surface area contributed by atoms with Gasteiger partial charge in [-0.2, -0.15) is 9.97 Å². The summed E-state index contributed by atoms with van der Waals surface area (Å²) in [5.41, 5.74) is 10.8. The van der Waals surface area contributed by atoms with Gasteiger partial charge in [0.05, 0.1) is 33.1 Å². The third-order valence-corrected chi connectivity index (χ3v) is 13.2. The highest BCUT2D eigenvalue weighted by Crippen LogP contribution is 2.52. The van der Waals surface area contributed by atoms with E-state index in [0.717, 1.165) is 60.6 Å². The Morgan fingerprint density at radius 3 is 1.08 bits per heavy atom. The van der Waals surface area contributed by atoms with Crippen LogP contribution in [0.5, 0.6) is 0 Å². The summed E-state index contributed by atoms with van der Waals surface area (Å²) < 4.78 is 7.31. The maximum atomic E-state index is 5.36. The molecule has 65 heavy (non-hydrogen) atoms. The third kappa shape index (κ3) is 5.07. The van der Waals surface area contributed by atoms with E-state index in [1.807, 2.05) is 36.4 Å². The van der Waals surface area contributed by atoms with Gasteiger partial charge in [-0.05, 0) is 47.2 Å². The van der Waals surface area contributed by atoms with E-state index in [9.17, 15) is 0 Å². The standard InChI is InChI=1S/C59H36N6/c1-5-21-37(22-6-1)57-60-58(38-23-7-2-8-24-38)62-59(61-57)65-48-36-20-18-34-46(48)52-54(65)44-32-16-14-30-42(44)50-49-41-29-13-15-31-43(41)53-51(55(49)64(56(50)52)40-27-11-4-12-28-40)45-33-17-19-35-47(45)63(53)39-25-9-3-10-26-39/h1-36H. The molecule has 0 radical (unpaired) electrons. The molecule has 0 spiro atoms. The van der Waals surface area contributed by atoms with Gasteiger partial charge in [-0.1, -0.05) is 182 Å². The van der Waals surface area contributed by atoms with E-state index < -0.39 is 0 Å². The summed E-state index contributed by atoms with van der Waals surface area (Å²) >= 11 is 0. The van der Waals surface area contributed by atoms with Crippen LogP contribution in [0.3, 0.4) is 0 Å². The van der Waals surface area contributed by atoms with Gasteiger partial charge in [-0.15, -0.1) is 0 Å². The monoisotopic (exact) mass is 828 g/mol. The Morgan fingerprint density at radius 2 is 0.600 bits per heavy atom. The summed E-state index contributed by atoms with van der Waals surface area (Å²) in [5.74, 6) is 1.80. The average molecular weight is 829 g/mol. The third-order valence-electron chi connectivity index (χ3n) is 13.2. The molecule has 0 fully saturated rings. The van der Waals surface area contributed by atoms with Crippen LogP contribution in [-0.2, 0) is 0 Å². The lowest BCUT2D eigenvalue weighted by molar-refractivity contribution is 0.955. The molecule has 0 amide bonds. The molecule has 0 saturated carbocycles. The zero-order valence-corrected chi connectivity index (χ0v) is 35.0. The SMILES string of the molecule is c1ccc(-c2nc(-c3ccccc3)nc(-n3c4ccccc4c4c3c3ccccc3c3c5c6ccccc6c6c(c7ccccc7n6-c6ccccc6)c5n(-c5ccccc5)c34)n2)cc1. The van der Waals surface area contributed by atoms with Crippen LogP contribution in [0.25, 0.3) is 127 Å². The Morgan fingerprint density at radius 1 is 0.246 bits per heavy atom. The van der Waals surface area contributed by atoms with Gasteiger partial charge < -0.3 is 9.13 Å². The molecular weight excluding hydrogens is 793 g/mol. The zero-order valence-electron chi connectivity index (χ0n) is 35.0. The molecule has 0 N–H and O–H groups in total. The molecule has 4 heterocycles. The van der Waals surface area contributed by atoms with Crippen LogP contribution >= 0.6 is 0 Å². The molecule has 0 aliphatic carbocycles. The van der Waals surface area contributed by atoms with Crippen molar-refractivity contribution in [2.75, 3.05) is 0 Å². The van der Waals surface area contributed by atoms with Gasteiger partial charge >= 0.3 is 0 Å². The molecule has 0 unspecified atom stereocenters. The van der Waals surface area contributed by atoms with E-state index in [-0.39, 0.29) is 0 Å². The number of aromatic nitrogens is 6. The first-order chi connectivity index (χ1) is 32.3. The topological polar surface area (TPSA) is 53.5 Å². The van der Waals surface area contributed by atoms with Crippen molar-refractivity contribution in [3.63, 3.8) is 0 Å². The molecule has 4 aromatic heterocycles. The highest BCUT2D eigenvalue weighted by Gasteiger charge is 2.30. The Balaban J connectivity index is 1.26. The van der Waals surface area contributed by atoms with Crippen LogP contribution in [0.2, 0.25) is 0 Å². The first-order valence-electron chi connectivity index (χ1n) is 22.1. The number of fused-ring (bicyclic) bond motifs is 17. The van der Waals surface area contributed by atoms with Crippen molar-refractivity contribution in [3.05, 3.63) is 218 Å². The van der Waals surface area contributed by atoms with Crippen LogP contribution in [0, 0.1) is 0 Å². The minimum Gasteiger partial charge on any atom is -0.309 e. The van der Waals surface area contributed by atoms with E-state index in [2.05, 4.69) is 196 Å². The summed E-state index contributed by atoms with van der Waals surface area (Å²) in [6, 6.07) is 77.7. The summed E-state index contributed by atoms with van der Waals surface area (Å²) in [6.07, 6.45) is 0. The second kappa shape index (κ2) is 13.8. The predicted octanol–water partition coefficient (Wildman–Crippen LogP) is 14.8. The molecule has 6 nitrogen and oxygen atoms in total. The Hall–Kier alpha value is -8.87. The lowest BCUT2D eigenvalue weighted by Gasteiger charge is -2.13. The minimum atomic E-state index is 0.564. The van der Waals surface area contributed by atoms with Crippen molar-refractivity contribution in [1.29, 1.82) is 0 Å². The van der Waals surface area contributed by atoms with Gasteiger partial charge in [-0.25, -0.2) is 4.98 Å². The van der Waals surface area contributed by atoms with Crippen molar-refractivity contribution in [3.8, 4) is 40.1 Å². The van der Waals surface area contributed by atoms with E-state index in [1.165, 1.54) is 48.9 Å². The van der Waals surface area contributed by atoms with E-state index in [1.54, 1.807) is 0 Å². The predicted molar refractivity (Wildman–Crippen MR) is 269 cm³/mol. The second-order valence-electron chi connectivity index (χ2n) is 16.7. The number of rotatable bonds is 5. The summed E-state index contributed by atoms with van der Waals surface area (Å²) in [5, 5.41) is 11.8. The zero-order chi connectivity index (χ0) is 42.6. The normalized spacial score (nSPS) is 12.0. The molecule has 6 heteroatoms. The summed E-state index contributed by atoms with van der Waals surface area (Å²) in [4.78, 5) is 15.8. The molecule has 0 saturated heterocycles. The maximum absolute atomic E-state index is 5.36. The van der Waals surface area contributed by atoms with Gasteiger partial charge in [0.1, 0.15) is 0 Å². The molecule has 0 atom stereocenters. The quantitative estimate of drug-likeness (QED) is 0.174. The first kappa shape index (κ1) is 35.7. The number of para-hydroxylation sites is 4. The highest BCUT2D eigenvalue weighted by molar-refractivity contribution is 6.44. The lowest BCUT2D eigenvalue weighted by atomic mass is 9.95. The molecule has 14 rings (SSSR count). The van der Waals surface area contributed by atoms with Crippen molar-refractivity contribution in [2.24, 2.45) is 0 Å². The van der Waals surface area contributed by atoms with Crippen molar-refractivity contribution >= 4 is 87.0 Å². The molecule has 14 aromatic rings. The van der Waals surface area contributed by atoms with Crippen molar-refractivity contribution in [2.45, 2.75) is 0 Å². The van der Waals surface area contributed by atoms with Crippen LogP contribution < -0.4 is 0 Å². The van der Waals surface area contributed by atoms with Gasteiger partial charge in [-0.3, -0.25) is 4.57 Å². The first-order valence-corrected chi connectivity index (χ1v) is 22.1. The molecule has 10 aromatic carbocycles. The van der Waals surface area contributed by atoms with Crippen LogP contribution in [0.1, 0.15) is 0 Å². The molecule has 0 aliphatic heterocycles. The number of nitrogens with zero attached hydrogens (tertiary/aromatic N) is 6. The smallest absolute Gasteiger partial charge is 0.238 e. The average Bonchev–Trinajstić information content (AvgIpc) is 4.04. The second-order valence-corrected chi connectivity index (χ2v) is 16.7. The van der Waals surface area contributed by atoms with Crippen molar-refractivity contribution in [1.82, 2.24) is 28.7 Å². The van der Waals surface area contributed by atoms with Gasteiger partial charge in [0.25, 0.3) is 0 Å². The fourth-order valence-corrected chi connectivity index (χ4v) is 10.6. The van der Waals surface area contributed by atoms with Crippen LogP contribution in [0.15, 0.2) is 218 Å². The largest absolute Gasteiger partial charge is 0.309 e. The van der Waals surface area contributed by atoms with Gasteiger partial charge in [0.15, 0.2) is 11.6 Å². The van der Waals surface area contributed by atoms with Crippen molar-refractivity contribution < 1.29 is 0 Å². The lowest BCUT2D eigenvalue weighted by Crippen LogP contribution is -2.06. The van der Waals surface area contributed by atoms with Gasteiger partial charge in [0, 0.05) is 65.6 Å². The molecular formula is C59H36N6. The molecule has 302 valence electrons. The maximum Gasteiger partial charge on any atom is 0.238 e. The number of hydrogen-bond donors (Lipinski definition) is 0. The van der Waals surface area contributed by atoms with Crippen LogP contribution in [0.4, 0.5) is 0 Å². The van der Waals surface area contributed by atoms with E-state index in [4.69, 9.17) is 15.0 Å². The molecule has 0 aliphatic rings. The molecule has 0 bridgehead atoms. The number of hydrogen-bond acceptors (Lipinski definition) is 3. The fraction of sp³-hybridized carbons (Fsp3) is 0. The summed E-state index contributed by atoms with van der Waals surface area (Å²) in [7, 11) is 0. The van der Waals surface area contributed by atoms with Gasteiger partial charge in [0.2, 0.25) is 5.95 Å². The van der Waals surface area contributed by atoms with E-state index >= 15 is 0 Å². The highest BCUT2D eigenvalue weighted by atomic mass is 15.2. The summed E-state index contributed by atoms with van der Waals surface area (Å²) in [6.45, 7) is 0. The van der Waals surface area contributed by atoms with E-state index in [0.29, 0.717) is 17.6 Å². The Labute approximate surface area is 372 Å². The minimum absolute atomic E-state index is 0.564. The Kier molecular flexibility index (Phi) is 7.59. The Bertz CT molecular complexity index is 4150. The van der Waals surface area contributed by atoms with Crippen LogP contribution in [-0.4, -0.2) is 28.7 Å². The number of benzene rings is 10.